The molecule has 1 aromatic carbocycles. The number of alkyl halides is 1. The maximum Gasteiger partial charge on any atom is 0.219 e. The number of hydrogen-bond acceptors (Lipinski definition) is 4. The molecule has 1 atom stereocenters. The summed E-state index contributed by atoms with van der Waals surface area (Å²) in [7, 11) is 3.14. The summed E-state index contributed by atoms with van der Waals surface area (Å²) >= 11 is 5.97. The van der Waals surface area contributed by atoms with Crippen molar-refractivity contribution < 1.29 is 14.3 Å². The van der Waals surface area contributed by atoms with Crippen LogP contribution >= 0.6 is 11.6 Å². The van der Waals surface area contributed by atoms with Gasteiger partial charge in [0.2, 0.25) is 5.91 Å². The Morgan fingerprint density at radius 3 is 2.52 bits per heavy atom. The van der Waals surface area contributed by atoms with Crippen molar-refractivity contribution >= 4 is 28.5 Å². The third-order valence-corrected chi connectivity index (χ3v) is 3.56. The van der Waals surface area contributed by atoms with Crippen molar-refractivity contribution in [3.8, 4) is 11.5 Å². The van der Waals surface area contributed by atoms with Gasteiger partial charge >= 0.3 is 0 Å². The topological polar surface area (TPSA) is 79.4 Å². The van der Waals surface area contributed by atoms with E-state index in [1.807, 2.05) is 17.6 Å². The van der Waals surface area contributed by atoms with Crippen molar-refractivity contribution in [2.45, 2.75) is 25.3 Å². The molecule has 2 aromatic rings. The summed E-state index contributed by atoms with van der Waals surface area (Å²) in [4.78, 5) is 15.7. The van der Waals surface area contributed by atoms with Crippen LogP contribution in [0.4, 0.5) is 0 Å². The standard InChI is InChI=1S/C14H18ClN3O3/c1-8(4-13(16)19)18-10-6-12(21-3)11(20-2)5-9(10)17-14(18)7-15/h5-6,8H,4,7H2,1-3H3,(H2,16,19). The van der Waals surface area contributed by atoms with Gasteiger partial charge in [-0.2, -0.15) is 0 Å². The predicted octanol–water partition coefficient (Wildman–Crippen LogP) is 2.23. The summed E-state index contributed by atoms with van der Waals surface area (Å²) in [5, 5.41) is 0. The van der Waals surface area contributed by atoms with Crippen LogP contribution in [0.25, 0.3) is 11.0 Å². The van der Waals surface area contributed by atoms with Crippen molar-refractivity contribution in [1.82, 2.24) is 9.55 Å². The lowest BCUT2D eigenvalue weighted by atomic mass is 10.2. The van der Waals surface area contributed by atoms with Crippen LogP contribution in [-0.2, 0) is 10.7 Å². The molecule has 0 aliphatic heterocycles. The molecule has 0 bridgehead atoms. The minimum atomic E-state index is -0.370. The number of rotatable bonds is 6. The number of hydrogen-bond donors (Lipinski definition) is 1. The molecule has 1 unspecified atom stereocenters. The lowest BCUT2D eigenvalue weighted by Gasteiger charge is -2.16. The molecule has 21 heavy (non-hydrogen) atoms. The fraction of sp³-hybridized carbons (Fsp3) is 0.429. The van der Waals surface area contributed by atoms with E-state index < -0.39 is 0 Å². The average Bonchev–Trinajstić information content (AvgIpc) is 2.82. The molecule has 7 heteroatoms. The van der Waals surface area contributed by atoms with Crippen molar-refractivity contribution in [2.24, 2.45) is 5.73 Å². The van der Waals surface area contributed by atoms with Crippen LogP contribution in [0.15, 0.2) is 12.1 Å². The van der Waals surface area contributed by atoms with E-state index in [2.05, 4.69) is 4.98 Å². The second-order valence-corrected chi connectivity index (χ2v) is 5.01. The third-order valence-electron chi connectivity index (χ3n) is 3.32. The first kappa shape index (κ1) is 15.4. The van der Waals surface area contributed by atoms with E-state index in [1.165, 1.54) is 0 Å². The number of nitrogens with zero attached hydrogens (tertiary/aromatic N) is 2. The molecule has 0 aliphatic carbocycles. The van der Waals surface area contributed by atoms with Gasteiger partial charge in [-0.1, -0.05) is 0 Å². The summed E-state index contributed by atoms with van der Waals surface area (Å²) in [6.07, 6.45) is 0.212. The monoisotopic (exact) mass is 311 g/mol. The molecule has 2 N–H and O–H groups in total. The number of aromatic nitrogens is 2. The number of halogens is 1. The Hall–Kier alpha value is -1.95. The first-order valence-electron chi connectivity index (χ1n) is 6.48. The molecule has 1 aromatic heterocycles. The Morgan fingerprint density at radius 1 is 1.38 bits per heavy atom. The van der Waals surface area contributed by atoms with E-state index in [1.54, 1.807) is 20.3 Å². The lowest BCUT2D eigenvalue weighted by molar-refractivity contribution is -0.118. The lowest BCUT2D eigenvalue weighted by Crippen LogP contribution is -2.18. The van der Waals surface area contributed by atoms with Crippen LogP contribution in [0.2, 0.25) is 0 Å². The maximum atomic E-state index is 11.2. The van der Waals surface area contributed by atoms with Gasteiger partial charge in [-0.3, -0.25) is 4.79 Å². The molecule has 0 saturated carbocycles. The van der Waals surface area contributed by atoms with Gasteiger partial charge in [0.05, 0.1) is 31.1 Å². The number of benzene rings is 1. The number of primary amides is 1. The highest BCUT2D eigenvalue weighted by Gasteiger charge is 2.19. The highest BCUT2D eigenvalue weighted by molar-refractivity contribution is 6.16. The quantitative estimate of drug-likeness (QED) is 0.830. The van der Waals surface area contributed by atoms with Crippen molar-refractivity contribution in [3.05, 3.63) is 18.0 Å². The van der Waals surface area contributed by atoms with Gasteiger partial charge in [0, 0.05) is 24.6 Å². The van der Waals surface area contributed by atoms with Crippen molar-refractivity contribution in [2.75, 3.05) is 14.2 Å². The largest absolute Gasteiger partial charge is 0.493 e. The molecule has 2 rings (SSSR count). The van der Waals surface area contributed by atoms with Gasteiger partial charge in [-0.05, 0) is 6.92 Å². The molecule has 0 aliphatic rings. The smallest absolute Gasteiger partial charge is 0.219 e. The van der Waals surface area contributed by atoms with E-state index in [4.69, 9.17) is 26.8 Å². The van der Waals surface area contributed by atoms with Crippen molar-refractivity contribution in [1.29, 1.82) is 0 Å². The average molecular weight is 312 g/mol. The van der Waals surface area contributed by atoms with Crippen LogP contribution in [0.5, 0.6) is 11.5 Å². The number of ether oxygens (including phenoxy) is 2. The Kier molecular flexibility index (Phi) is 4.57. The van der Waals surface area contributed by atoms with Crippen LogP contribution < -0.4 is 15.2 Å². The van der Waals surface area contributed by atoms with Crippen molar-refractivity contribution in [3.63, 3.8) is 0 Å². The molecule has 0 fully saturated rings. The normalized spacial score (nSPS) is 12.4. The highest BCUT2D eigenvalue weighted by atomic mass is 35.5. The minimum absolute atomic E-state index is 0.139. The summed E-state index contributed by atoms with van der Waals surface area (Å²) < 4.78 is 12.5. The van der Waals surface area contributed by atoms with Gasteiger partial charge < -0.3 is 19.8 Å². The van der Waals surface area contributed by atoms with Crippen LogP contribution in [-0.4, -0.2) is 29.7 Å². The van der Waals surface area contributed by atoms with E-state index >= 15 is 0 Å². The zero-order valence-corrected chi connectivity index (χ0v) is 13.0. The van der Waals surface area contributed by atoms with Crippen LogP contribution in [0, 0.1) is 0 Å². The van der Waals surface area contributed by atoms with Gasteiger partial charge in [-0.25, -0.2) is 4.98 Å². The number of carbonyl (C=O) groups excluding carboxylic acids is 1. The Labute approximate surface area is 127 Å². The second-order valence-electron chi connectivity index (χ2n) is 4.75. The Bertz CT molecular complexity index is 669. The summed E-state index contributed by atoms with van der Waals surface area (Å²) in [5.41, 5.74) is 6.85. The SMILES string of the molecule is COc1cc2nc(CCl)n(C(C)CC(N)=O)c2cc1OC. The van der Waals surface area contributed by atoms with E-state index in [0.717, 1.165) is 11.0 Å². The number of amides is 1. The minimum Gasteiger partial charge on any atom is -0.493 e. The summed E-state index contributed by atoms with van der Waals surface area (Å²) in [6.45, 7) is 1.90. The van der Waals surface area contributed by atoms with Crippen LogP contribution in [0.3, 0.4) is 0 Å². The van der Waals surface area contributed by atoms with E-state index in [0.29, 0.717) is 17.3 Å². The fourth-order valence-electron chi connectivity index (χ4n) is 2.44. The molecular weight excluding hydrogens is 294 g/mol. The first-order valence-corrected chi connectivity index (χ1v) is 7.02. The molecule has 114 valence electrons. The zero-order valence-electron chi connectivity index (χ0n) is 12.2. The predicted molar refractivity (Wildman–Crippen MR) is 80.9 cm³/mol. The number of nitrogens with two attached hydrogens (primary N) is 1. The molecule has 1 amide bonds. The molecular formula is C14H18ClN3O3. The van der Waals surface area contributed by atoms with Gasteiger partial charge in [0.1, 0.15) is 5.82 Å². The summed E-state index contributed by atoms with van der Waals surface area (Å²) in [6, 6.07) is 3.48. The van der Waals surface area contributed by atoms with E-state index in [-0.39, 0.29) is 24.2 Å². The first-order chi connectivity index (χ1) is 10.0. The second kappa shape index (κ2) is 6.22. The van der Waals surface area contributed by atoms with E-state index in [9.17, 15) is 4.79 Å². The highest BCUT2D eigenvalue weighted by Crippen LogP contribution is 2.34. The third kappa shape index (κ3) is 2.90. The number of carbonyl (C=O) groups is 1. The van der Waals surface area contributed by atoms with Gasteiger partial charge in [0.15, 0.2) is 11.5 Å². The fourth-order valence-corrected chi connectivity index (χ4v) is 2.63. The summed E-state index contributed by atoms with van der Waals surface area (Å²) in [5.74, 6) is 1.74. The maximum absolute atomic E-state index is 11.2. The Balaban J connectivity index is 2.64. The molecule has 0 saturated heterocycles. The van der Waals surface area contributed by atoms with Gasteiger partial charge in [-0.15, -0.1) is 11.6 Å². The molecule has 0 radical (unpaired) electrons. The van der Waals surface area contributed by atoms with Gasteiger partial charge in [0.25, 0.3) is 0 Å². The van der Waals surface area contributed by atoms with Crippen LogP contribution in [0.1, 0.15) is 25.2 Å². The molecule has 1 heterocycles. The molecule has 0 spiro atoms. The number of fused-ring (bicyclic) bond motifs is 1. The number of imidazole rings is 1. The Morgan fingerprint density at radius 2 is 2.00 bits per heavy atom. The molecule has 6 nitrogen and oxygen atoms in total. The number of methoxy groups -OCH3 is 2. The zero-order chi connectivity index (χ0) is 15.6.